The van der Waals surface area contributed by atoms with Crippen molar-refractivity contribution in [3.05, 3.63) is 69.9 Å². The first kappa shape index (κ1) is 19.8. The first-order chi connectivity index (χ1) is 14.4. The zero-order valence-electron chi connectivity index (χ0n) is 17.1. The van der Waals surface area contributed by atoms with Gasteiger partial charge in [0, 0.05) is 35.8 Å². The number of hydrogen-bond acceptors (Lipinski definition) is 5. The molecule has 1 saturated heterocycles. The number of nitrogens with zero attached hydrogens (tertiary/aromatic N) is 3. The van der Waals surface area contributed by atoms with Crippen LogP contribution in [-0.4, -0.2) is 28.9 Å². The largest absolute Gasteiger partial charge is 0.366 e. The second-order valence-electron chi connectivity index (χ2n) is 7.91. The van der Waals surface area contributed by atoms with E-state index in [9.17, 15) is 14.9 Å². The number of aryl methyl sites for hydroxylation is 1. The summed E-state index contributed by atoms with van der Waals surface area (Å²) in [5, 5.41) is 15.4. The number of nitro groups is 1. The van der Waals surface area contributed by atoms with Crippen molar-refractivity contribution < 1.29 is 9.72 Å². The van der Waals surface area contributed by atoms with Gasteiger partial charge in [0.05, 0.1) is 16.1 Å². The SMILES string of the molecule is Cc1ccc2c(NC(=O)c3ccc(N4CCC(C)CC4)c([N+](=O)[O-])c3)cccc2n1. The highest BCUT2D eigenvalue weighted by molar-refractivity contribution is 6.09. The predicted molar refractivity (Wildman–Crippen MR) is 118 cm³/mol. The van der Waals surface area contributed by atoms with Crippen molar-refractivity contribution in [1.82, 2.24) is 4.98 Å². The van der Waals surface area contributed by atoms with Crippen molar-refractivity contribution in [2.45, 2.75) is 26.7 Å². The van der Waals surface area contributed by atoms with Gasteiger partial charge in [0.15, 0.2) is 0 Å². The third-order valence-electron chi connectivity index (χ3n) is 5.68. The number of hydrogen-bond donors (Lipinski definition) is 1. The van der Waals surface area contributed by atoms with E-state index >= 15 is 0 Å². The van der Waals surface area contributed by atoms with Gasteiger partial charge in [0.1, 0.15) is 5.69 Å². The molecule has 0 radical (unpaired) electrons. The highest BCUT2D eigenvalue weighted by atomic mass is 16.6. The average Bonchev–Trinajstić information content (AvgIpc) is 2.73. The summed E-state index contributed by atoms with van der Waals surface area (Å²) >= 11 is 0. The van der Waals surface area contributed by atoms with Crippen LogP contribution in [0.15, 0.2) is 48.5 Å². The van der Waals surface area contributed by atoms with Gasteiger partial charge in [-0.3, -0.25) is 19.9 Å². The molecule has 7 heteroatoms. The number of aromatic nitrogens is 1. The number of piperidine rings is 1. The zero-order valence-corrected chi connectivity index (χ0v) is 17.1. The van der Waals surface area contributed by atoms with Gasteiger partial charge >= 0.3 is 0 Å². The number of anilines is 2. The predicted octanol–water partition coefficient (Wildman–Crippen LogP) is 4.94. The van der Waals surface area contributed by atoms with Crippen LogP contribution in [0.5, 0.6) is 0 Å². The zero-order chi connectivity index (χ0) is 21.3. The van der Waals surface area contributed by atoms with Gasteiger partial charge in [-0.25, -0.2) is 0 Å². The molecule has 1 amide bonds. The van der Waals surface area contributed by atoms with E-state index in [0.29, 0.717) is 17.3 Å². The Labute approximate surface area is 174 Å². The van der Waals surface area contributed by atoms with Crippen molar-refractivity contribution in [2.75, 3.05) is 23.3 Å². The van der Waals surface area contributed by atoms with Gasteiger partial charge in [0.25, 0.3) is 11.6 Å². The summed E-state index contributed by atoms with van der Waals surface area (Å²) in [6, 6.07) is 14.0. The number of carbonyl (C=O) groups is 1. The number of rotatable bonds is 4. The van der Waals surface area contributed by atoms with Gasteiger partial charge in [-0.15, -0.1) is 0 Å². The molecular formula is C23H24N4O3. The normalized spacial score (nSPS) is 14.7. The maximum Gasteiger partial charge on any atom is 0.293 e. The minimum Gasteiger partial charge on any atom is -0.366 e. The molecule has 1 N–H and O–H groups in total. The molecule has 0 atom stereocenters. The lowest BCUT2D eigenvalue weighted by Gasteiger charge is -2.31. The van der Waals surface area contributed by atoms with E-state index in [0.717, 1.165) is 42.5 Å². The molecule has 0 unspecified atom stereocenters. The van der Waals surface area contributed by atoms with Crippen molar-refractivity contribution >= 4 is 33.9 Å². The van der Waals surface area contributed by atoms with Crippen LogP contribution < -0.4 is 10.2 Å². The topological polar surface area (TPSA) is 88.4 Å². The Hall–Kier alpha value is -3.48. The smallest absolute Gasteiger partial charge is 0.293 e. The molecule has 1 aliphatic rings. The number of amides is 1. The molecule has 0 bridgehead atoms. The number of benzene rings is 2. The summed E-state index contributed by atoms with van der Waals surface area (Å²) in [5.41, 5.74) is 3.10. The lowest BCUT2D eigenvalue weighted by Crippen LogP contribution is -2.33. The van der Waals surface area contributed by atoms with Gasteiger partial charge in [-0.2, -0.15) is 0 Å². The summed E-state index contributed by atoms with van der Waals surface area (Å²) in [5.74, 6) is 0.245. The summed E-state index contributed by atoms with van der Waals surface area (Å²) in [4.78, 5) is 30.7. The Kier molecular flexibility index (Phi) is 5.35. The number of nitro benzene ring substituents is 1. The van der Waals surface area contributed by atoms with E-state index in [4.69, 9.17) is 0 Å². The fourth-order valence-electron chi connectivity index (χ4n) is 3.89. The number of carbonyl (C=O) groups excluding carboxylic acids is 1. The van der Waals surface area contributed by atoms with Crippen LogP contribution in [-0.2, 0) is 0 Å². The van der Waals surface area contributed by atoms with Crippen molar-refractivity contribution in [3.63, 3.8) is 0 Å². The Balaban J connectivity index is 1.62. The minimum absolute atomic E-state index is 0.0348. The van der Waals surface area contributed by atoms with Crippen LogP contribution in [0.1, 0.15) is 35.8 Å². The maximum atomic E-state index is 12.9. The molecule has 2 heterocycles. The average molecular weight is 404 g/mol. The molecular weight excluding hydrogens is 380 g/mol. The van der Waals surface area contributed by atoms with Crippen LogP contribution in [0.3, 0.4) is 0 Å². The third-order valence-corrected chi connectivity index (χ3v) is 5.68. The third kappa shape index (κ3) is 3.96. The van der Waals surface area contributed by atoms with E-state index in [1.807, 2.05) is 36.1 Å². The fourth-order valence-corrected chi connectivity index (χ4v) is 3.89. The fraction of sp³-hybridized carbons (Fsp3) is 0.304. The Morgan fingerprint density at radius 3 is 2.67 bits per heavy atom. The first-order valence-electron chi connectivity index (χ1n) is 10.1. The van der Waals surface area contributed by atoms with Gasteiger partial charge < -0.3 is 10.2 Å². The Morgan fingerprint density at radius 2 is 1.93 bits per heavy atom. The van der Waals surface area contributed by atoms with Crippen LogP contribution in [0.2, 0.25) is 0 Å². The van der Waals surface area contributed by atoms with E-state index in [-0.39, 0.29) is 17.2 Å². The maximum absolute atomic E-state index is 12.9. The molecule has 0 spiro atoms. The molecule has 30 heavy (non-hydrogen) atoms. The molecule has 1 aliphatic heterocycles. The monoisotopic (exact) mass is 404 g/mol. The van der Waals surface area contributed by atoms with E-state index in [1.54, 1.807) is 18.2 Å². The van der Waals surface area contributed by atoms with E-state index in [2.05, 4.69) is 17.2 Å². The molecule has 2 aromatic carbocycles. The lowest BCUT2D eigenvalue weighted by atomic mass is 9.98. The quantitative estimate of drug-likeness (QED) is 0.491. The summed E-state index contributed by atoms with van der Waals surface area (Å²) in [6.07, 6.45) is 2.02. The van der Waals surface area contributed by atoms with Crippen LogP contribution in [0.25, 0.3) is 10.9 Å². The highest BCUT2D eigenvalue weighted by Crippen LogP contribution is 2.33. The molecule has 7 nitrogen and oxygen atoms in total. The molecule has 0 saturated carbocycles. The van der Waals surface area contributed by atoms with E-state index < -0.39 is 4.92 Å². The lowest BCUT2D eigenvalue weighted by molar-refractivity contribution is -0.384. The summed E-state index contributed by atoms with van der Waals surface area (Å²) in [6.45, 7) is 5.68. The van der Waals surface area contributed by atoms with Crippen molar-refractivity contribution in [1.29, 1.82) is 0 Å². The molecule has 1 fully saturated rings. The number of fused-ring (bicyclic) bond motifs is 1. The van der Waals surface area contributed by atoms with Crippen LogP contribution in [0, 0.1) is 23.0 Å². The second kappa shape index (κ2) is 8.10. The summed E-state index contributed by atoms with van der Waals surface area (Å²) in [7, 11) is 0. The highest BCUT2D eigenvalue weighted by Gasteiger charge is 2.25. The molecule has 0 aliphatic carbocycles. The van der Waals surface area contributed by atoms with Crippen LogP contribution in [0.4, 0.5) is 17.1 Å². The molecule has 4 rings (SSSR count). The van der Waals surface area contributed by atoms with Gasteiger partial charge in [0.2, 0.25) is 0 Å². The van der Waals surface area contributed by atoms with Crippen molar-refractivity contribution in [3.8, 4) is 0 Å². The van der Waals surface area contributed by atoms with E-state index in [1.165, 1.54) is 6.07 Å². The second-order valence-corrected chi connectivity index (χ2v) is 7.91. The van der Waals surface area contributed by atoms with Crippen LogP contribution >= 0.6 is 0 Å². The Morgan fingerprint density at radius 1 is 1.17 bits per heavy atom. The standard InChI is InChI=1S/C23H24N4O3/c1-15-10-12-26(13-11-15)21-9-7-17(14-22(21)27(29)30)23(28)25-20-5-3-4-19-18(20)8-6-16(2)24-19/h3-9,14-15H,10-13H2,1-2H3,(H,25,28). The summed E-state index contributed by atoms with van der Waals surface area (Å²) < 4.78 is 0. The number of nitrogens with one attached hydrogen (secondary N) is 1. The molecule has 154 valence electrons. The molecule has 1 aromatic heterocycles. The number of pyridine rings is 1. The Bertz CT molecular complexity index is 1120. The van der Waals surface area contributed by atoms with Crippen molar-refractivity contribution in [2.24, 2.45) is 5.92 Å². The first-order valence-corrected chi connectivity index (χ1v) is 10.1. The minimum atomic E-state index is -0.408. The van der Waals surface area contributed by atoms with Gasteiger partial charge in [-0.05, 0) is 62.1 Å². The molecule has 3 aromatic rings. The van der Waals surface area contributed by atoms with Gasteiger partial charge in [-0.1, -0.05) is 13.0 Å².